The molecule has 3 amide bonds. The number of hydrogen-bond donors (Lipinski definition) is 1. The molecule has 0 aromatic heterocycles. The number of nitrogens with zero attached hydrogens (tertiary/aromatic N) is 2. The van der Waals surface area contributed by atoms with Gasteiger partial charge in [-0.3, -0.25) is 4.79 Å². The van der Waals surface area contributed by atoms with Gasteiger partial charge in [0.05, 0.1) is 13.2 Å². The first-order chi connectivity index (χ1) is 12.0. The Hall–Kier alpha value is -1.95. The predicted octanol–water partition coefficient (Wildman–Crippen LogP) is 2.89. The first-order valence-electron chi connectivity index (χ1n) is 8.69. The molecule has 1 aromatic carbocycles. The van der Waals surface area contributed by atoms with Crippen LogP contribution in [0, 0.1) is 0 Å². The van der Waals surface area contributed by atoms with Gasteiger partial charge in [-0.05, 0) is 38.0 Å². The summed E-state index contributed by atoms with van der Waals surface area (Å²) in [6.45, 7) is 4.84. The topological polar surface area (TPSA) is 61.9 Å². The Balaban J connectivity index is 1.81. The van der Waals surface area contributed by atoms with Gasteiger partial charge in [-0.25, -0.2) is 4.79 Å². The molecule has 0 radical (unpaired) electrons. The van der Waals surface area contributed by atoms with Gasteiger partial charge >= 0.3 is 6.03 Å². The summed E-state index contributed by atoms with van der Waals surface area (Å²) in [5.41, 5.74) is 0.847. The van der Waals surface area contributed by atoms with Crippen LogP contribution in [0.2, 0.25) is 5.02 Å². The lowest BCUT2D eigenvalue weighted by molar-refractivity contribution is -0.129. The monoisotopic (exact) mass is 367 g/mol. The van der Waals surface area contributed by atoms with Gasteiger partial charge in [-0.1, -0.05) is 11.6 Å². The van der Waals surface area contributed by atoms with E-state index in [1.165, 1.54) is 0 Å². The van der Waals surface area contributed by atoms with E-state index in [0.717, 1.165) is 37.2 Å². The number of rotatable bonds is 7. The smallest absolute Gasteiger partial charge is 0.317 e. The summed E-state index contributed by atoms with van der Waals surface area (Å²) in [5.74, 6) is 0.824. The highest BCUT2D eigenvalue weighted by Crippen LogP contribution is 2.24. The van der Waals surface area contributed by atoms with E-state index >= 15 is 0 Å². The summed E-state index contributed by atoms with van der Waals surface area (Å²) in [4.78, 5) is 27.6. The summed E-state index contributed by atoms with van der Waals surface area (Å²) >= 11 is 6.04. The van der Waals surface area contributed by atoms with E-state index in [-0.39, 0.29) is 11.9 Å². The Morgan fingerprint density at radius 1 is 1.32 bits per heavy atom. The van der Waals surface area contributed by atoms with E-state index in [0.29, 0.717) is 31.1 Å². The highest BCUT2D eigenvalue weighted by Gasteiger charge is 2.18. The van der Waals surface area contributed by atoms with Crippen LogP contribution < -0.4 is 10.1 Å². The maximum atomic E-state index is 12.2. The van der Waals surface area contributed by atoms with Crippen molar-refractivity contribution in [3.63, 3.8) is 0 Å². The van der Waals surface area contributed by atoms with Crippen molar-refractivity contribution in [2.45, 2.75) is 32.7 Å². The molecule has 6 nitrogen and oxygen atoms in total. The van der Waals surface area contributed by atoms with Crippen LogP contribution in [0.15, 0.2) is 18.2 Å². The normalized spacial score (nSPS) is 13.6. The van der Waals surface area contributed by atoms with Gasteiger partial charge in [0.25, 0.3) is 0 Å². The molecule has 138 valence electrons. The Bertz CT molecular complexity index is 603. The molecule has 25 heavy (non-hydrogen) atoms. The summed E-state index contributed by atoms with van der Waals surface area (Å²) in [5, 5.41) is 3.39. The zero-order valence-corrected chi connectivity index (χ0v) is 15.6. The Kier molecular flexibility index (Phi) is 7.37. The number of amides is 3. The largest absolute Gasteiger partial charge is 0.494 e. The van der Waals surface area contributed by atoms with Crippen LogP contribution >= 0.6 is 11.6 Å². The minimum atomic E-state index is -0.225. The van der Waals surface area contributed by atoms with Crippen LogP contribution in [0.5, 0.6) is 5.75 Å². The maximum Gasteiger partial charge on any atom is 0.317 e. The molecule has 7 heteroatoms. The number of likely N-dealkylation sites (tertiary alicyclic amines) is 1. The van der Waals surface area contributed by atoms with Crippen molar-refractivity contribution in [2.75, 3.05) is 33.3 Å². The molecule has 0 unspecified atom stereocenters. The molecule has 1 fully saturated rings. The van der Waals surface area contributed by atoms with E-state index in [2.05, 4.69) is 5.32 Å². The highest BCUT2D eigenvalue weighted by molar-refractivity contribution is 6.30. The summed E-state index contributed by atoms with van der Waals surface area (Å²) in [6, 6.07) is 5.14. The average molecular weight is 368 g/mol. The number of carbonyl (C=O) groups excluding carboxylic acids is 2. The molecule has 1 heterocycles. The molecule has 1 N–H and O–H groups in total. The van der Waals surface area contributed by atoms with Crippen molar-refractivity contribution >= 4 is 23.5 Å². The Morgan fingerprint density at radius 2 is 2.04 bits per heavy atom. The number of nitrogens with one attached hydrogen (secondary N) is 1. The van der Waals surface area contributed by atoms with Crippen LogP contribution in [-0.4, -0.2) is 55.0 Å². The molecule has 2 rings (SSSR count). The Morgan fingerprint density at radius 3 is 2.72 bits per heavy atom. The van der Waals surface area contributed by atoms with Gasteiger partial charge in [0.1, 0.15) is 5.75 Å². The van der Waals surface area contributed by atoms with Gasteiger partial charge in [-0.2, -0.15) is 0 Å². The minimum Gasteiger partial charge on any atom is -0.494 e. The van der Waals surface area contributed by atoms with Crippen LogP contribution in [0.4, 0.5) is 4.79 Å². The Labute approximate surface area is 154 Å². The molecular weight excluding hydrogens is 342 g/mol. The molecule has 0 spiro atoms. The van der Waals surface area contributed by atoms with Gasteiger partial charge in [0.15, 0.2) is 0 Å². The fourth-order valence-corrected chi connectivity index (χ4v) is 3.03. The fourth-order valence-electron chi connectivity index (χ4n) is 2.83. The van der Waals surface area contributed by atoms with Crippen LogP contribution in [0.1, 0.15) is 31.7 Å². The number of hydrogen-bond acceptors (Lipinski definition) is 3. The number of carbonyl (C=O) groups is 2. The predicted molar refractivity (Wildman–Crippen MR) is 97.9 cm³/mol. The third-order valence-corrected chi connectivity index (χ3v) is 4.39. The van der Waals surface area contributed by atoms with Crippen molar-refractivity contribution in [3.8, 4) is 5.75 Å². The third kappa shape index (κ3) is 5.81. The number of benzene rings is 1. The molecule has 1 aromatic rings. The summed E-state index contributed by atoms with van der Waals surface area (Å²) in [7, 11) is 1.70. The quantitative estimate of drug-likeness (QED) is 0.806. The average Bonchev–Trinajstić information content (AvgIpc) is 3.12. The minimum absolute atomic E-state index is 0.105. The molecule has 0 aliphatic carbocycles. The molecule has 1 aliphatic heterocycles. The van der Waals surface area contributed by atoms with Gasteiger partial charge < -0.3 is 19.9 Å². The van der Waals surface area contributed by atoms with Gasteiger partial charge in [0, 0.05) is 43.7 Å². The second-order valence-electron chi connectivity index (χ2n) is 6.11. The van der Waals surface area contributed by atoms with E-state index in [1.54, 1.807) is 24.1 Å². The fraction of sp³-hybridized carbons (Fsp3) is 0.556. The first-order valence-corrected chi connectivity index (χ1v) is 9.07. The molecule has 0 bridgehead atoms. The molecule has 0 saturated carbocycles. The van der Waals surface area contributed by atoms with Crippen molar-refractivity contribution in [1.29, 1.82) is 0 Å². The third-order valence-electron chi connectivity index (χ3n) is 4.15. The van der Waals surface area contributed by atoms with Gasteiger partial charge in [-0.15, -0.1) is 0 Å². The second kappa shape index (κ2) is 9.51. The summed E-state index contributed by atoms with van der Waals surface area (Å²) < 4.78 is 5.57. The van der Waals surface area contributed by atoms with Crippen molar-refractivity contribution < 1.29 is 14.3 Å². The van der Waals surface area contributed by atoms with Crippen LogP contribution in [0.3, 0.4) is 0 Å². The first kappa shape index (κ1) is 19.4. The number of ether oxygens (including phenoxy) is 1. The van der Waals surface area contributed by atoms with Crippen molar-refractivity contribution in [2.24, 2.45) is 0 Å². The lowest BCUT2D eigenvalue weighted by atomic mass is 10.2. The maximum absolute atomic E-state index is 12.2. The highest BCUT2D eigenvalue weighted by atomic mass is 35.5. The molecule has 1 aliphatic rings. The van der Waals surface area contributed by atoms with Gasteiger partial charge in [0.2, 0.25) is 5.91 Å². The summed E-state index contributed by atoms with van der Waals surface area (Å²) in [6.07, 6.45) is 2.48. The molecular formula is C18H26ClN3O3. The van der Waals surface area contributed by atoms with Crippen molar-refractivity contribution in [1.82, 2.24) is 15.1 Å². The lowest BCUT2D eigenvalue weighted by Gasteiger charge is -2.20. The van der Waals surface area contributed by atoms with Crippen LogP contribution in [0.25, 0.3) is 0 Å². The SMILES string of the molecule is CCOc1ccc(Cl)cc1CN(C)C(=O)NCCC(=O)N1CCCC1. The zero-order chi connectivity index (χ0) is 18.2. The van der Waals surface area contributed by atoms with E-state index < -0.39 is 0 Å². The van der Waals surface area contributed by atoms with E-state index in [4.69, 9.17) is 16.3 Å². The van der Waals surface area contributed by atoms with E-state index in [1.807, 2.05) is 17.9 Å². The van der Waals surface area contributed by atoms with Crippen LogP contribution in [-0.2, 0) is 11.3 Å². The second-order valence-corrected chi connectivity index (χ2v) is 6.55. The molecule has 0 atom stereocenters. The number of halogens is 1. The lowest BCUT2D eigenvalue weighted by Crippen LogP contribution is -2.39. The van der Waals surface area contributed by atoms with Crippen molar-refractivity contribution in [3.05, 3.63) is 28.8 Å². The van der Waals surface area contributed by atoms with E-state index in [9.17, 15) is 9.59 Å². The standard InChI is InChI=1S/C18H26ClN3O3/c1-3-25-16-7-6-15(19)12-14(16)13-21(2)18(24)20-9-8-17(23)22-10-4-5-11-22/h6-7,12H,3-5,8-11,13H2,1-2H3,(H,20,24). The zero-order valence-electron chi connectivity index (χ0n) is 14.9. The number of urea groups is 1. The molecule has 1 saturated heterocycles.